The first kappa shape index (κ1) is 12.1. The summed E-state index contributed by atoms with van der Waals surface area (Å²) in [4.78, 5) is 4.45. The third kappa shape index (κ3) is 3.08. The van der Waals surface area contributed by atoms with Crippen molar-refractivity contribution in [2.24, 2.45) is 0 Å². The number of fused-ring (bicyclic) bond motifs is 1. The van der Waals surface area contributed by atoms with Gasteiger partial charge in [-0.05, 0) is 31.0 Å². The molecule has 1 heterocycles. The van der Waals surface area contributed by atoms with E-state index in [-0.39, 0.29) is 6.10 Å². The molecule has 2 rings (SSSR count). The Labute approximate surface area is 104 Å². The fourth-order valence-corrected chi connectivity index (χ4v) is 2.51. The molecule has 0 saturated heterocycles. The maximum absolute atomic E-state index is 9.44. The van der Waals surface area contributed by atoms with Gasteiger partial charge in [0.1, 0.15) is 0 Å². The Kier molecular flexibility index (Phi) is 3.81. The van der Waals surface area contributed by atoms with Gasteiger partial charge in [-0.15, -0.1) is 0 Å². The Balaban J connectivity index is 1.99. The zero-order chi connectivity index (χ0) is 12.3. The smallest absolute Gasteiger partial charge is 0.183 e. The summed E-state index contributed by atoms with van der Waals surface area (Å²) >= 11 is 1.59. The van der Waals surface area contributed by atoms with Crippen LogP contribution in [0.1, 0.15) is 19.8 Å². The van der Waals surface area contributed by atoms with Gasteiger partial charge < -0.3 is 16.2 Å². The van der Waals surface area contributed by atoms with Crippen LogP contribution in [0.15, 0.2) is 18.2 Å². The Hall–Kier alpha value is -1.33. The van der Waals surface area contributed by atoms with Gasteiger partial charge in [0.05, 0.1) is 16.3 Å². The molecule has 1 aromatic carbocycles. The van der Waals surface area contributed by atoms with Crippen molar-refractivity contribution < 1.29 is 5.11 Å². The molecule has 0 amide bonds. The monoisotopic (exact) mass is 251 g/mol. The summed E-state index contributed by atoms with van der Waals surface area (Å²) in [6.45, 7) is 2.72. The van der Waals surface area contributed by atoms with Crippen LogP contribution in [0.25, 0.3) is 10.2 Å². The molecular weight excluding hydrogens is 234 g/mol. The molecule has 1 atom stereocenters. The third-order valence-electron chi connectivity index (χ3n) is 2.64. The number of nitrogens with zero attached hydrogens (tertiary/aromatic N) is 1. The van der Waals surface area contributed by atoms with Gasteiger partial charge in [0.25, 0.3) is 0 Å². The van der Waals surface area contributed by atoms with Crippen molar-refractivity contribution >= 4 is 32.4 Å². The highest BCUT2D eigenvalue weighted by molar-refractivity contribution is 7.22. The Morgan fingerprint density at radius 3 is 3.12 bits per heavy atom. The lowest BCUT2D eigenvalue weighted by Gasteiger charge is -2.07. The van der Waals surface area contributed by atoms with Crippen LogP contribution in [0, 0.1) is 0 Å². The second kappa shape index (κ2) is 5.33. The lowest BCUT2D eigenvalue weighted by molar-refractivity contribution is 0.164. The van der Waals surface area contributed by atoms with Gasteiger partial charge in [-0.3, -0.25) is 0 Å². The predicted molar refractivity (Wildman–Crippen MR) is 73.4 cm³/mol. The SMILES string of the molecule is CCC(O)CCNc1nc2ccc(N)cc2s1. The highest BCUT2D eigenvalue weighted by atomic mass is 32.1. The number of nitrogens with one attached hydrogen (secondary N) is 1. The summed E-state index contributed by atoms with van der Waals surface area (Å²) < 4.78 is 1.09. The third-order valence-corrected chi connectivity index (χ3v) is 3.61. The van der Waals surface area contributed by atoms with Crippen molar-refractivity contribution in [3.05, 3.63) is 18.2 Å². The molecule has 0 bridgehead atoms. The van der Waals surface area contributed by atoms with Crippen LogP contribution >= 0.6 is 11.3 Å². The van der Waals surface area contributed by atoms with Crippen molar-refractivity contribution in [3.8, 4) is 0 Å². The largest absolute Gasteiger partial charge is 0.399 e. The van der Waals surface area contributed by atoms with Crippen LogP contribution in [0.4, 0.5) is 10.8 Å². The van der Waals surface area contributed by atoms with Gasteiger partial charge in [-0.25, -0.2) is 4.98 Å². The van der Waals surface area contributed by atoms with Gasteiger partial charge in [-0.2, -0.15) is 0 Å². The normalized spacial score (nSPS) is 12.8. The molecule has 4 N–H and O–H groups in total. The molecule has 0 aliphatic heterocycles. The maximum atomic E-state index is 9.44. The van der Waals surface area contributed by atoms with E-state index in [2.05, 4.69) is 10.3 Å². The maximum Gasteiger partial charge on any atom is 0.183 e. The molecule has 4 nitrogen and oxygen atoms in total. The Morgan fingerprint density at radius 2 is 2.35 bits per heavy atom. The molecule has 0 radical (unpaired) electrons. The molecule has 17 heavy (non-hydrogen) atoms. The van der Waals surface area contributed by atoms with E-state index in [9.17, 15) is 5.11 Å². The zero-order valence-corrected chi connectivity index (χ0v) is 10.6. The average molecular weight is 251 g/mol. The second-order valence-corrected chi connectivity index (χ2v) is 5.05. The summed E-state index contributed by atoms with van der Waals surface area (Å²) in [6.07, 6.45) is 1.31. The highest BCUT2D eigenvalue weighted by Gasteiger charge is 2.04. The summed E-state index contributed by atoms with van der Waals surface area (Å²) in [5, 5.41) is 13.5. The Morgan fingerprint density at radius 1 is 1.53 bits per heavy atom. The Bertz CT molecular complexity index is 497. The number of hydrogen-bond donors (Lipinski definition) is 3. The quantitative estimate of drug-likeness (QED) is 0.714. The van der Waals surface area contributed by atoms with Crippen LogP contribution < -0.4 is 11.1 Å². The first-order chi connectivity index (χ1) is 8.19. The van der Waals surface area contributed by atoms with Crippen LogP contribution in [0.2, 0.25) is 0 Å². The molecule has 1 aromatic heterocycles. The predicted octanol–water partition coefficient (Wildman–Crippen LogP) is 2.45. The standard InChI is InChI=1S/C12H17N3OS/c1-2-9(16)5-6-14-12-15-10-4-3-8(13)7-11(10)17-12/h3-4,7,9,16H,2,5-6,13H2,1H3,(H,14,15). The van der Waals surface area contributed by atoms with Crippen LogP contribution in [-0.2, 0) is 0 Å². The highest BCUT2D eigenvalue weighted by Crippen LogP contribution is 2.27. The van der Waals surface area contributed by atoms with E-state index in [1.807, 2.05) is 25.1 Å². The van der Waals surface area contributed by atoms with Gasteiger partial charge in [-0.1, -0.05) is 18.3 Å². The van der Waals surface area contributed by atoms with E-state index in [0.717, 1.165) is 40.4 Å². The second-order valence-electron chi connectivity index (χ2n) is 4.02. The van der Waals surface area contributed by atoms with Crippen molar-refractivity contribution in [1.29, 1.82) is 0 Å². The summed E-state index contributed by atoms with van der Waals surface area (Å²) in [7, 11) is 0. The fraction of sp³-hybridized carbons (Fsp3) is 0.417. The number of aliphatic hydroxyl groups excluding tert-OH is 1. The summed E-state index contributed by atoms with van der Waals surface area (Å²) in [5.41, 5.74) is 7.44. The number of rotatable bonds is 5. The molecule has 92 valence electrons. The van der Waals surface area contributed by atoms with Crippen molar-refractivity contribution in [3.63, 3.8) is 0 Å². The molecule has 0 saturated carbocycles. The van der Waals surface area contributed by atoms with Crippen molar-refractivity contribution in [2.75, 3.05) is 17.6 Å². The zero-order valence-electron chi connectivity index (χ0n) is 9.81. The molecular formula is C12H17N3OS. The molecule has 0 aliphatic carbocycles. The number of nitrogens with two attached hydrogens (primary N) is 1. The van der Waals surface area contributed by atoms with E-state index in [1.165, 1.54) is 0 Å². The van der Waals surface area contributed by atoms with Crippen LogP contribution in [0.5, 0.6) is 0 Å². The molecule has 0 fully saturated rings. The van der Waals surface area contributed by atoms with Gasteiger partial charge in [0, 0.05) is 12.2 Å². The number of aliphatic hydroxyl groups is 1. The molecule has 0 spiro atoms. The van der Waals surface area contributed by atoms with Gasteiger partial charge in [0.15, 0.2) is 5.13 Å². The molecule has 1 unspecified atom stereocenters. The molecule has 0 aliphatic rings. The lowest BCUT2D eigenvalue weighted by Crippen LogP contribution is -2.11. The fourth-order valence-electron chi connectivity index (χ4n) is 1.57. The average Bonchev–Trinajstić information content (AvgIpc) is 2.70. The first-order valence-electron chi connectivity index (χ1n) is 5.77. The number of benzene rings is 1. The topological polar surface area (TPSA) is 71.2 Å². The number of hydrogen-bond acceptors (Lipinski definition) is 5. The van der Waals surface area contributed by atoms with E-state index in [1.54, 1.807) is 11.3 Å². The number of nitrogen functional groups attached to an aromatic ring is 1. The van der Waals surface area contributed by atoms with Crippen LogP contribution in [0.3, 0.4) is 0 Å². The van der Waals surface area contributed by atoms with Crippen molar-refractivity contribution in [2.45, 2.75) is 25.9 Å². The van der Waals surface area contributed by atoms with Gasteiger partial charge >= 0.3 is 0 Å². The molecule has 5 heteroatoms. The summed E-state index contributed by atoms with van der Waals surface area (Å²) in [6, 6.07) is 5.71. The van der Waals surface area contributed by atoms with E-state index >= 15 is 0 Å². The van der Waals surface area contributed by atoms with Crippen molar-refractivity contribution in [1.82, 2.24) is 4.98 Å². The minimum atomic E-state index is -0.229. The van der Waals surface area contributed by atoms with Gasteiger partial charge in [0.2, 0.25) is 0 Å². The molecule has 2 aromatic rings. The lowest BCUT2D eigenvalue weighted by atomic mass is 10.2. The number of aromatic nitrogens is 1. The number of thiazole rings is 1. The van der Waals surface area contributed by atoms with Crippen LogP contribution in [-0.4, -0.2) is 22.7 Å². The minimum absolute atomic E-state index is 0.229. The first-order valence-corrected chi connectivity index (χ1v) is 6.58. The van der Waals surface area contributed by atoms with E-state index in [0.29, 0.717) is 0 Å². The van der Waals surface area contributed by atoms with E-state index < -0.39 is 0 Å². The number of anilines is 2. The minimum Gasteiger partial charge on any atom is -0.399 e. The van der Waals surface area contributed by atoms with E-state index in [4.69, 9.17) is 5.73 Å². The summed E-state index contributed by atoms with van der Waals surface area (Å²) in [5.74, 6) is 0.